The Labute approximate surface area is 128 Å². The minimum Gasteiger partial charge on any atom is -0.374 e. The van der Waals surface area contributed by atoms with Crippen LogP contribution in [0, 0.1) is 17.3 Å². The summed E-state index contributed by atoms with van der Waals surface area (Å²) in [6.07, 6.45) is 7.35. The van der Waals surface area contributed by atoms with Gasteiger partial charge < -0.3 is 10.5 Å². The van der Waals surface area contributed by atoms with Gasteiger partial charge in [-0.2, -0.15) is 11.8 Å². The molecule has 2 nitrogen and oxygen atoms in total. The van der Waals surface area contributed by atoms with Crippen molar-refractivity contribution >= 4 is 11.8 Å². The maximum Gasteiger partial charge on any atom is 0.0783 e. The first-order chi connectivity index (χ1) is 9.33. The van der Waals surface area contributed by atoms with Crippen LogP contribution in [-0.4, -0.2) is 29.3 Å². The van der Waals surface area contributed by atoms with Crippen molar-refractivity contribution in [2.45, 2.75) is 70.4 Å². The van der Waals surface area contributed by atoms with Crippen molar-refractivity contribution < 1.29 is 4.74 Å². The Morgan fingerprint density at radius 2 is 2.00 bits per heavy atom. The molecule has 0 amide bonds. The molecule has 0 aromatic heterocycles. The third kappa shape index (κ3) is 2.91. The quantitative estimate of drug-likeness (QED) is 0.799. The molecule has 3 fully saturated rings. The van der Waals surface area contributed by atoms with Gasteiger partial charge in [-0.25, -0.2) is 0 Å². The highest BCUT2D eigenvalue weighted by atomic mass is 32.2. The molecule has 2 heterocycles. The Balaban J connectivity index is 1.76. The maximum absolute atomic E-state index is 6.99. The zero-order valence-electron chi connectivity index (χ0n) is 13.4. The predicted octanol–water partition coefficient (Wildman–Crippen LogP) is 3.83. The SMILES string of the molecule is CC1CC(C)(C)CC(N)(C2CCOC3(CCSC3)C2)C1. The zero-order chi connectivity index (χ0) is 14.4. The molecule has 20 heavy (non-hydrogen) atoms. The third-order valence-corrected chi connectivity index (χ3v) is 7.03. The molecule has 0 radical (unpaired) electrons. The predicted molar refractivity (Wildman–Crippen MR) is 87.1 cm³/mol. The minimum absolute atomic E-state index is 0.0468. The van der Waals surface area contributed by atoms with Crippen LogP contribution in [0.5, 0.6) is 0 Å². The highest BCUT2D eigenvalue weighted by Crippen LogP contribution is 2.51. The van der Waals surface area contributed by atoms with Crippen molar-refractivity contribution in [1.29, 1.82) is 0 Å². The van der Waals surface area contributed by atoms with Gasteiger partial charge in [-0.05, 0) is 61.5 Å². The first-order valence-electron chi connectivity index (χ1n) is 8.33. The summed E-state index contributed by atoms with van der Waals surface area (Å²) in [6.45, 7) is 8.14. The summed E-state index contributed by atoms with van der Waals surface area (Å²) >= 11 is 2.06. The Morgan fingerprint density at radius 3 is 2.65 bits per heavy atom. The molecule has 1 saturated carbocycles. The first-order valence-corrected chi connectivity index (χ1v) is 9.49. The normalized spacial score (nSPS) is 48.6. The number of hydrogen-bond donors (Lipinski definition) is 1. The lowest BCUT2D eigenvalue weighted by Gasteiger charge is -2.52. The van der Waals surface area contributed by atoms with Crippen molar-refractivity contribution in [3.63, 3.8) is 0 Å². The molecule has 0 aromatic carbocycles. The number of ether oxygens (including phenoxy) is 1. The van der Waals surface area contributed by atoms with Crippen LogP contribution >= 0.6 is 11.8 Å². The lowest BCUT2D eigenvalue weighted by Crippen LogP contribution is -2.58. The van der Waals surface area contributed by atoms with Gasteiger partial charge in [0.1, 0.15) is 0 Å². The van der Waals surface area contributed by atoms with Crippen LogP contribution in [-0.2, 0) is 4.74 Å². The van der Waals surface area contributed by atoms with Gasteiger partial charge >= 0.3 is 0 Å². The first kappa shape index (κ1) is 15.2. The van der Waals surface area contributed by atoms with Crippen molar-refractivity contribution in [2.24, 2.45) is 23.0 Å². The van der Waals surface area contributed by atoms with Crippen LogP contribution in [0.15, 0.2) is 0 Å². The van der Waals surface area contributed by atoms with Crippen LogP contribution in [0.2, 0.25) is 0 Å². The van der Waals surface area contributed by atoms with Crippen molar-refractivity contribution in [3.05, 3.63) is 0 Å². The van der Waals surface area contributed by atoms with Gasteiger partial charge in [-0.1, -0.05) is 20.8 Å². The number of rotatable bonds is 1. The average Bonchev–Trinajstić information content (AvgIpc) is 2.74. The summed E-state index contributed by atoms with van der Waals surface area (Å²) in [5, 5.41) is 0. The number of thioether (sulfide) groups is 1. The monoisotopic (exact) mass is 297 g/mol. The van der Waals surface area contributed by atoms with Gasteiger partial charge in [0.15, 0.2) is 0 Å². The van der Waals surface area contributed by atoms with Crippen molar-refractivity contribution in [1.82, 2.24) is 0 Å². The fourth-order valence-electron chi connectivity index (χ4n) is 5.39. The van der Waals surface area contributed by atoms with Gasteiger partial charge in [-0.15, -0.1) is 0 Å². The largest absolute Gasteiger partial charge is 0.374 e. The third-order valence-electron chi connectivity index (χ3n) is 5.81. The molecule has 0 aromatic rings. The van der Waals surface area contributed by atoms with Gasteiger partial charge in [0, 0.05) is 17.9 Å². The zero-order valence-corrected chi connectivity index (χ0v) is 14.2. The van der Waals surface area contributed by atoms with Crippen molar-refractivity contribution in [2.75, 3.05) is 18.1 Å². The molecule has 4 unspecified atom stereocenters. The van der Waals surface area contributed by atoms with E-state index in [2.05, 4.69) is 32.5 Å². The van der Waals surface area contributed by atoms with E-state index < -0.39 is 0 Å². The summed E-state index contributed by atoms with van der Waals surface area (Å²) in [7, 11) is 0. The van der Waals surface area contributed by atoms with E-state index in [0.29, 0.717) is 11.3 Å². The van der Waals surface area contributed by atoms with Gasteiger partial charge in [0.05, 0.1) is 5.60 Å². The molecule has 4 atom stereocenters. The van der Waals surface area contributed by atoms with Gasteiger partial charge in [0.2, 0.25) is 0 Å². The Morgan fingerprint density at radius 1 is 1.20 bits per heavy atom. The van der Waals surface area contributed by atoms with Crippen LogP contribution in [0.25, 0.3) is 0 Å². The molecule has 1 spiro atoms. The second-order valence-corrected chi connectivity index (χ2v) is 9.72. The van der Waals surface area contributed by atoms with E-state index >= 15 is 0 Å². The molecule has 3 rings (SSSR count). The highest BCUT2D eigenvalue weighted by molar-refractivity contribution is 7.99. The molecular weight excluding hydrogens is 266 g/mol. The van der Waals surface area contributed by atoms with Gasteiger partial charge in [0.25, 0.3) is 0 Å². The molecule has 0 bridgehead atoms. The molecular formula is C17H31NOS. The number of hydrogen-bond acceptors (Lipinski definition) is 3. The van der Waals surface area contributed by atoms with E-state index in [0.717, 1.165) is 12.5 Å². The summed E-state index contributed by atoms with van der Waals surface area (Å²) < 4.78 is 6.19. The minimum atomic E-state index is 0.0468. The Bertz CT molecular complexity index is 364. The lowest BCUT2D eigenvalue weighted by atomic mass is 9.58. The molecule has 116 valence electrons. The number of nitrogens with two attached hydrogens (primary N) is 1. The summed E-state index contributed by atoms with van der Waals surface area (Å²) in [5.74, 6) is 3.89. The van der Waals surface area contributed by atoms with Crippen LogP contribution in [0.3, 0.4) is 0 Å². The molecule has 3 heteroatoms. The summed E-state index contributed by atoms with van der Waals surface area (Å²) in [6, 6.07) is 0. The van der Waals surface area contributed by atoms with E-state index in [9.17, 15) is 0 Å². The molecule has 1 aliphatic carbocycles. The van der Waals surface area contributed by atoms with Gasteiger partial charge in [-0.3, -0.25) is 0 Å². The van der Waals surface area contributed by atoms with E-state index in [1.165, 1.54) is 50.0 Å². The van der Waals surface area contributed by atoms with E-state index in [-0.39, 0.29) is 11.1 Å². The van der Waals surface area contributed by atoms with E-state index in [4.69, 9.17) is 10.5 Å². The smallest absolute Gasteiger partial charge is 0.0783 e. The summed E-state index contributed by atoms with van der Waals surface area (Å²) in [5.41, 5.74) is 7.61. The topological polar surface area (TPSA) is 35.2 Å². The molecule has 3 aliphatic rings. The standard InChI is InChI=1S/C17H31NOS/c1-13-8-15(2,3)11-17(18,9-13)14-4-6-19-16(10-14)5-7-20-12-16/h13-14H,4-12,18H2,1-3H3. The fraction of sp³-hybridized carbons (Fsp3) is 1.00. The second-order valence-electron chi connectivity index (χ2n) is 8.61. The van der Waals surface area contributed by atoms with Crippen LogP contribution in [0.1, 0.15) is 59.3 Å². The fourth-order valence-corrected chi connectivity index (χ4v) is 6.77. The lowest BCUT2D eigenvalue weighted by molar-refractivity contribution is -0.103. The second kappa shape index (κ2) is 5.17. The maximum atomic E-state index is 6.99. The van der Waals surface area contributed by atoms with E-state index in [1.807, 2.05) is 0 Å². The molecule has 2 aliphatic heterocycles. The van der Waals surface area contributed by atoms with Crippen LogP contribution < -0.4 is 5.73 Å². The average molecular weight is 298 g/mol. The Kier molecular flexibility index (Phi) is 3.92. The summed E-state index contributed by atoms with van der Waals surface area (Å²) in [4.78, 5) is 0. The highest BCUT2D eigenvalue weighted by Gasteiger charge is 2.50. The van der Waals surface area contributed by atoms with Crippen molar-refractivity contribution in [3.8, 4) is 0 Å². The van der Waals surface area contributed by atoms with E-state index in [1.54, 1.807) is 0 Å². The molecule has 2 N–H and O–H groups in total. The Hall–Kier alpha value is 0.270. The molecule has 2 saturated heterocycles. The van der Waals surface area contributed by atoms with Crippen LogP contribution in [0.4, 0.5) is 0 Å².